The second-order valence-corrected chi connectivity index (χ2v) is 7.55. The number of nitrogens with zero attached hydrogens (tertiary/aromatic N) is 2. The van der Waals surface area contributed by atoms with Crippen molar-refractivity contribution in [1.82, 2.24) is 9.80 Å². The summed E-state index contributed by atoms with van der Waals surface area (Å²) >= 11 is 1.75. The molecule has 1 aliphatic heterocycles. The highest BCUT2D eigenvalue weighted by Crippen LogP contribution is 2.23. The molecular weight excluding hydrogens is 318 g/mol. The summed E-state index contributed by atoms with van der Waals surface area (Å²) in [6.07, 6.45) is 1.04. The number of nitrogens with one attached hydrogen (secondary N) is 1. The van der Waals surface area contributed by atoms with Crippen LogP contribution in [0.3, 0.4) is 0 Å². The zero-order chi connectivity index (χ0) is 17.1. The van der Waals surface area contributed by atoms with Crippen LogP contribution in [0.15, 0.2) is 35.7 Å². The van der Waals surface area contributed by atoms with Gasteiger partial charge in [-0.1, -0.05) is 12.1 Å². The summed E-state index contributed by atoms with van der Waals surface area (Å²) < 4.78 is 0. The van der Waals surface area contributed by atoms with Crippen molar-refractivity contribution in [3.8, 4) is 0 Å². The number of hydrogen-bond donors (Lipinski definition) is 1. The van der Waals surface area contributed by atoms with E-state index in [1.807, 2.05) is 36.2 Å². The molecule has 1 saturated heterocycles. The van der Waals surface area contributed by atoms with Crippen molar-refractivity contribution in [2.24, 2.45) is 0 Å². The number of amides is 1. The van der Waals surface area contributed by atoms with Crippen molar-refractivity contribution in [3.63, 3.8) is 0 Å². The molecule has 0 aliphatic carbocycles. The Morgan fingerprint density at radius 2 is 2.17 bits per heavy atom. The Hall–Kier alpha value is -1.85. The SMILES string of the molecule is Cc1ccsc1CNc1ccccc1C(=O)N(C)C1CCN(C)C1. The second-order valence-electron chi connectivity index (χ2n) is 6.55. The Labute approximate surface area is 148 Å². The predicted octanol–water partition coefficient (Wildman–Crippen LogP) is 3.44. The largest absolute Gasteiger partial charge is 0.379 e. The standard InChI is InChI=1S/C19H25N3OS/c1-14-9-11-24-18(14)12-20-17-7-5-4-6-16(17)19(23)22(3)15-8-10-21(2)13-15/h4-7,9,11,15,20H,8,10,12-13H2,1-3H3. The van der Waals surface area contributed by atoms with Gasteiger partial charge in [0.05, 0.1) is 5.56 Å². The zero-order valence-electron chi connectivity index (χ0n) is 14.6. The molecular formula is C19H25N3OS. The van der Waals surface area contributed by atoms with Crippen molar-refractivity contribution in [2.45, 2.75) is 25.9 Å². The fourth-order valence-electron chi connectivity index (χ4n) is 3.17. The Morgan fingerprint density at radius 3 is 2.83 bits per heavy atom. The first kappa shape index (κ1) is 17.0. The Morgan fingerprint density at radius 1 is 1.38 bits per heavy atom. The van der Waals surface area contributed by atoms with Gasteiger partial charge >= 0.3 is 0 Å². The summed E-state index contributed by atoms with van der Waals surface area (Å²) in [6, 6.07) is 10.2. The Kier molecular flexibility index (Phi) is 5.21. The maximum atomic E-state index is 13.0. The lowest BCUT2D eigenvalue weighted by Gasteiger charge is -2.25. The van der Waals surface area contributed by atoms with Gasteiger partial charge in [-0.15, -0.1) is 11.3 Å². The Bertz CT molecular complexity index is 712. The molecule has 1 atom stereocenters. The van der Waals surface area contributed by atoms with Gasteiger partial charge < -0.3 is 15.1 Å². The van der Waals surface area contributed by atoms with E-state index < -0.39 is 0 Å². The number of rotatable bonds is 5. The van der Waals surface area contributed by atoms with Gasteiger partial charge in [0.1, 0.15) is 0 Å². The average Bonchev–Trinajstić information content (AvgIpc) is 3.20. The fourth-order valence-corrected chi connectivity index (χ4v) is 4.01. The summed E-state index contributed by atoms with van der Waals surface area (Å²) in [5.41, 5.74) is 2.96. The van der Waals surface area contributed by atoms with E-state index >= 15 is 0 Å². The smallest absolute Gasteiger partial charge is 0.255 e. The number of thiophene rings is 1. The van der Waals surface area contributed by atoms with E-state index in [-0.39, 0.29) is 5.91 Å². The van der Waals surface area contributed by atoms with Gasteiger partial charge in [-0.2, -0.15) is 0 Å². The number of carbonyl (C=O) groups is 1. The van der Waals surface area contributed by atoms with Crippen LogP contribution < -0.4 is 5.32 Å². The molecule has 1 amide bonds. The zero-order valence-corrected chi connectivity index (χ0v) is 15.4. The van der Waals surface area contributed by atoms with E-state index in [0.717, 1.165) is 37.3 Å². The normalized spacial score (nSPS) is 17.9. The number of likely N-dealkylation sites (N-methyl/N-ethyl adjacent to an activating group) is 2. The van der Waals surface area contributed by atoms with E-state index in [9.17, 15) is 4.79 Å². The summed E-state index contributed by atoms with van der Waals surface area (Å²) in [5, 5.41) is 5.55. The number of para-hydroxylation sites is 1. The minimum Gasteiger partial charge on any atom is -0.379 e. The van der Waals surface area contributed by atoms with Crippen LogP contribution >= 0.6 is 11.3 Å². The summed E-state index contributed by atoms with van der Waals surface area (Å²) in [4.78, 5) is 18.4. The van der Waals surface area contributed by atoms with Crippen molar-refractivity contribution in [2.75, 3.05) is 32.5 Å². The molecule has 1 fully saturated rings. The van der Waals surface area contributed by atoms with Gasteiger partial charge in [-0.3, -0.25) is 4.79 Å². The van der Waals surface area contributed by atoms with Gasteiger partial charge in [0, 0.05) is 36.7 Å². The molecule has 1 unspecified atom stereocenters. The first-order valence-corrected chi connectivity index (χ1v) is 9.26. The van der Waals surface area contributed by atoms with Gasteiger partial charge in [0.25, 0.3) is 5.91 Å². The van der Waals surface area contributed by atoms with Crippen LogP contribution in [0, 0.1) is 6.92 Å². The highest BCUT2D eigenvalue weighted by Gasteiger charge is 2.27. The summed E-state index contributed by atoms with van der Waals surface area (Å²) in [7, 11) is 4.03. The molecule has 0 saturated carbocycles. The molecule has 0 bridgehead atoms. The molecule has 4 nitrogen and oxygen atoms in total. The number of hydrogen-bond acceptors (Lipinski definition) is 4. The number of carbonyl (C=O) groups excluding carboxylic acids is 1. The van der Waals surface area contributed by atoms with Crippen LogP contribution in [0.4, 0.5) is 5.69 Å². The molecule has 1 N–H and O–H groups in total. The maximum absolute atomic E-state index is 13.0. The lowest BCUT2D eigenvalue weighted by molar-refractivity contribution is 0.0738. The highest BCUT2D eigenvalue weighted by molar-refractivity contribution is 7.10. The third-order valence-corrected chi connectivity index (χ3v) is 5.82. The van der Waals surface area contributed by atoms with Crippen LogP contribution in [0.5, 0.6) is 0 Å². The minimum absolute atomic E-state index is 0.0984. The van der Waals surface area contributed by atoms with E-state index in [0.29, 0.717) is 6.04 Å². The average molecular weight is 343 g/mol. The van der Waals surface area contributed by atoms with Crippen LogP contribution in [-0.4, -0.2) is 48.9 Å². The highest BCUT2D eigenvalue weighted by atomic mass is 32.1. The van der Waals surface area contributed by atoms with E-state index in [2.05, 4.69) is 35.6 Å². The second kappa shape index (κ2) is 7.36. The number of anilines is 1. The molecule has 1 aliphatic rings. The van der Waals surface area contributed by atoms with E-state index in [1.54, 1.807) is 11.3 Å². The minimum atomic E-state index is 0.0984. The topological polar surface area (TPSA) is 35.6 Å². The van der Waals surface area contributed by atoms with E-state index in [4.69, 9.17) is 0 Å². The Balaban J connectivity index is 1.73. The molecule has 128 valence electrons. The molecule has 0 radical (unpaired) electrons. The summed E-state index contributed by atoms with van der Waals surface area (Å²) in [6.45, 7) is 4.88. The quantitative estimate of drug-likeness (QED) is 0.903. The number of aryl methyl sites for hydroxylation is 1. The van der Waals surface area contributed by atoms with Crippen LogP contribution in [-0.2, 0) is 6.54 Å². The van der Waals surface area contributed by atoms with Crippen LogP contribution in [0.1, 0.15) is 27.2 Å². The van der Waals surface area contributed by atoms with Crippen LogP contribution in [0.2, 0.25) is 0 Å². The lowest BCUT2D eigenvalue weighted by atomic mass is 10.1. The molecule has 1 aromatic heterocycles. The van der Waals surface area contributed by atoms with Crippen molar-refractivity contribution in [3.05, 3.63) is 51.7 Å². The fraction of sp³-hybridized carbons (Fsp3) is 0.421. The molecule has 2 heterocycles. The molecule has 24 heavy (non-hydrogen) atoms. The van der Waals surface area contributed by atoms with Gasteiger partial charge in [-0.25, -0.2) is 0 Å². The molecule has 5 heteroatoms. The number of benzene rings is 1. The van der Waals surface area contributed by atoms with Gasteiger partial charge in [-0.05, 0) is 56.1 Å². The van der Waals surface area contributed by atoms with Crippen LogP contribution in [0.25, 0.3) is 0 Å². The van der Waals surface area contributed by atoms with Gasteiger partial charge in [0.2, 0.25) is 0 Å². The molecule has 1 aromatic carbocycles. The van der Waals surface area contributed by atoms with Crippen molar-refractivity contribution >= 4 is 22.9 Å². The molecule has 3 rings (SSSR count). The first-order chi connectivity index (χ1) is 11.6. The van der Waals surface area contributed by atoms with Crippen molar-refractivity contribution in [1.29, 1.82) is 0 Å². The lowest BCUT2D eigenvalue weighted by Crippen LogP contribution is -2.38. The number of likely N-dealkylation sites (tertiary alicyclic amines) is 1. The summed E-state index contributed by atoms with van der Waals surface area (Å²) in [5.74, 6) is 0.0984. The van der Waals surface area contributed by atoms with Crippen molar-refractivity contribution < 1.29 is 4.79 Å². The van der Waals surface area contributed by atoms with Gasteiger partial charge in [0.15, 0.2) is 0 Å². The third-order valence-electron chi connectivity index (χ3n) is 4.80. The monoisotopic (exact) mass is 343 g/mol. The third kappa shape index (κ3) is 3.62. The van der Waals surface area contributed by atoms with E-state index in [1.165, 1.54) is 10.4 Å². The molecule has 0 spiro atoms. The maximum Gasteiger partial charge on any atom is 0.255 e. The predicted molar refractivity (Wildman–Crippen MR) is 101 cm³/mol. The first-order valence-electron chi connectivity index (χ1n) is 8.38. The molecule has 2 aromatic rings.